The number of anilines is 2. The number of nitrogens with one attached hydrogen (secondary N) is 1. The number of ether oxygens (including phenoxy) is 1. The number of hydrogen-bond acceptors (Lipinski definition) is 9. The lowest BCUT2D eigenvalue weighted by Crippen LogP contribution is -2.45. The summed E-state index contributed by atoms with van der Waals surface area (Å²) in [5.41, 5.74) is 0.450. The zero-order valence-corrected chi connectivity index (χ0v) is 18.8. The van der Waals surface area contributed by atoms with E-state index in [1.165, 1.54) is 30.4 Å². The van der Waals surface area contributed by atoms with Crippen LogP contribution in [0, 0.1) is 10.1 Å². The van der Waals surface area contributed by atoms with E-state index in [0.29, 0.717) is 18.9 Å². The number of amides is 3. The Hall–Kier alpha value is -3.90. The number of thiazole rings is 1. The van der Waals surface area contributed by atoms with Gasteiger partial charge in [-0.3, -0.25) is 29.4 Å². The van der Waals surface area contributed by atoms with Gasteiger partial charge in [0, 0.05) is 24.8 Å². The number of nitro groups is 1. The molecule has 1 N–H and O–H groups in total. The van der Waals surface area contributed by atoms with Crippen LogP contribution in [0.3, 0.4) is 0 Å². The summed E-state index contributed by atoms with van der Waals surface area (Å²) in [6.07, 6.45) is 0. The monoisotopic (exact) mass is 481 g/mol. The van der Waals surface area contributed by atoms with Crippen molar-refractivity contribution in [2.75, 3.05) is 36.5 Å². The van der Waals surface area contributed by atoms with Crippen molar-refractivity contribution in [3.05, 3.63) is 57.6 Å². The second kappa shape index (κ2) is 8.47. The topological polar surface area (TPSA) is 135 Å². The van der Waals surface area contributed by atoms with Gasteiger partial charge in [0.2, 0.25) is 5.91 Å². The highest BCUT2D eigenvalue weighted by Crippen LogP contribution is 2.33. The average Bonchev–Trinajstić information content (AvgIpc) is 3.37. The molecule has 0 radical (unpaired) electrons. The van der Waals surface area contributed by atoms with Gasteiger partial charge in [0.05, 0.1) is 33.9 Å². The lowest BCUT2D eigenvalue weighted by Gasteiger charge is -2.25. The fraction of sp³-hybridized carbons (Fsp3) is 0.273. The summed E-state index contributed by atoms with van der Waals surface area (Å²) in [6.45, 7) is 4.23. The number of nitrogens with zero attached hydrogens (tertiary/aromatic N) is 4. The highest BCUT2D eigenvalue weighted by Gasteiger charge is 2.44. The number of fused-ring (bicyclic) bond motifs is 2. The summed E-state index contributed by atoms with van der Waals surface area (Å²) in [5.74, 6) is -2.18. The Bertz CT molecular complexity index is 1350. The summed E-state index contributed by atoms with van der Waals surface area (Å²) in [5, 5.41) is 14.9. The van der Waals surface area contributed by atoms with Crippen molar-refractivity contribution < 1.29 is 24.0 Å². The van der Waals surface area contributed by atoms with Crippen molar-refractivity contribution >= 4 is 55.8 Å². The van der Waals surface area contributed by atoms with Crippen LogP contribution >= 0.6 is 11.3 Å². The molecule has 3 amide bonds. The molecule has 3 heterocycles. The van der Waals surface area contributed by atoms with Crippen LogP contribution in [-0.2, 0) is 9.53 Å². The highest BCUT2D eigenvalue weighted by molar-refractivity contribution is 7.22. The predicted octanol–water partition coefficient (Wildman–Crippen LogP) is 2.66. The standard InChI is InChI=1S/C22H19N5O6S/c1-12(26-20(29)14-3-2-4-16(27(31)32)18(14)21(26)30)19(28)23-13-5-6-15-17(11-13)34-22(24-15)25-7-9-33-10-8-25/h2-6,11-12H,7-10H2,1H3,(H,23,28)/t12-/m0/s1. The maximum Gasteiger partial charge on any atom is 0.282 e. The molecule has 0 spiro atoms. The fourth-order valence-corrected chi connectivity index (χ4v) is 5.09. The molecule has 0 saturated carbocycles. The normalized spacial score (nSPS) is 16.6. The van der Waals surface area contributed by atoms with Crippen molar-refractivity contribution in [2.45, 2.75) is 13.0 Å². The maximum atomic E-state index is 12.9. The molecule has 1 fully saturated rings. The van der Waals surface area contributed by atoms with E-state index >= 15 is 0 Å². The van der Waals surface area contributed by atoms with E-state index in [9.17, 15) is 24.5 Å². The molecule has 11 nitrogen and oxygen atoms in total. The van der Waals surface area contributed by atoms with Crippen LogP contribution in [0.2, 0.25) is 0 Å². The number of hydrogen-bond donors (Lipinski definition) is 1. The molecule has 174 valence electrons. The molecule has 2 aliphatic rings. The number of morpholine rings is 1. The van der Waals surface area contributed by atoms with E-state index < -0.39 is 34.4 Å². The van der Waals surface area contributed by atoms with Gasteiger partial charge in [-0.15, -0.1) is 0 Å². The third-order valence-electron chi connectivity index (χ3n) is 5.81. The van der Waals surface area contributed by atoms with Crippen molar-refractivity contribution in [1.82, 2.24) is 9.88 Å². The summed E-state index contributed by atoms with van der Waals surface area (Å²) in [4.78, 5) is 56.7. The van der Waals surface area contributed by atoms with E-state index in [2.05, 4.69) is 15.2 Å². The molecule has 2 aliphatic heterocycles. The predicted molar refractivity (Wildman–Crippen MR) is 124 cm³/mol. The fourth-order valence-electron chi connectivity index (χ4n) is 4.03. The van der Waals surface area contributed by atoms with Crippen molar-refractivity contribution in [2.24, 2.45) is 0 Å². The van der Waals surface area contributed by atoms with E-state index in [-0.39, 0.29) is 11.1 Å². The van der Waals surface area contributed by atoms with Gasteiger partial charge in [0.25, 0.3) is 17.5 Å². The number of imide groups is 1. The van der Waals surface area contributed by atoms with Crippen LogP contribution < -0.4 is 10.2 Å². The molecule has 1 saturated heterocycles. The van der Waals surface area contributed by atoms with E-state index in [4.69, 9.17) is 4.74 Å². The lowest BCUT2D eigenvalue weighted by molar-refractivity contribution is -0.385. The molecule has 1 aromatic heterocycles. The molecule has 1 atom stereocenters. The molecule has 0 unspecified atom stereocenters. The number of carbonyl (C=O) groups excluding carboxylic acids is 3. The van der Waals surface area contributed by atoms with Crippen LogP contribution in [0.5, 0.6) is 0 Å². The minimum absolute atomic E-state index is 0.0828. The number of benzene rings is 2. The van der Waals surface area contributed by atoms with E-state index in [1.807, 2.05) is 0 Å². The number of carbonyl (C=O) groups is 3. The van der Waals surface area contributed by atoms with Crippen LogP contribution in [0.1, 0.15) is 27.6 Å². The van der Waals surface area contributed by atoms with Gasteiger partial charge in [0.1, 0.15) is 11.6 Å². The Morgan fingerprint density at radius 2 is 1.97 bits per heavy atom. The number of nitro benzene ring substituents is 1. The van der Waals surface area contributed by atoms with Crippen molar-refractivity contribution in [3.8, 4) is 0 Å². The lowest BCUT2D eigenvalue weighted by atomic mass is 10.1. The highest BCUT2D eigenvalue weighted by atomic mass is 32.1. The van der Waals surface area contributed by atoms with Gasteiger partial charge < -0.3 is 15.0 Å². The first-order valence-electron chi connectivity index (χ1n) is 10.5. The Labute approximate surface area is 197 Å². The Morgan fingerprint density at radius 3 is 2.71 bits per heavy atom. The Morgan fingerprint density at radius 1 is 1.21 bits per heavy atom. The summed E-state index contributed by atoms with van der Waals surface area (Å²) >= 11 is 1.50. The Balaban J connectivity index is 1.35. The minimum atomic E-state index is -1.17. The molecule has 3 aromatic rings. The van der Waals surface area contributed by atoms with Gasteiger partial charge in [-0.1, -0.05) is 17.4 Å². The molecule has 5 rings (SSSR count). The second-order valence-electron chi connectivity index (χ2n) is 7.88. The molecular formula is C22H19N5O6S. The average molecular weight is 481 g/mol. The molecular weight excluding hydrogens is 462 g/mol. The third-order valence-corrected chi connectivity index (χ3v) is 6.89. The summed E-state index contributed by atoms with van der Waals surface area (Å²) in [6, 6.07) is 7.95. The SMILES string of the molecule is C[C@@H](C(=O)Nc1ccc2nc(N3CCOCC3)sc2c1)N1C(=O)c2cccc([N+](=O)[O-])c2C1=O. The first kappa shape index (κ1) is 21.9. The van der Waals surface area contributed by atoms with E-state index in [1.54, 1.807) is 18.2 Å². The van der Waals surface area contributed by atoms with Crippen LogP contribution in [-0.4, -0.2) is 64.9 Å². The van der Waals surface area contributed by atoms with Gasteiger partial charge in [-0.2, -0.15) is 0 Å². The third kappa shape index (κ3) is 3.66. The Kier molecular flexibility index (Phi) is 5.46. The van der Waals surface area contributed by atoms with Crippen LogP contribution in [0.4, 0.5) is 16.5 Å². The first-order valence-corrected chi connectivity index (χ1v) is 11.4. The zero-order chi connectivity index (χ0) is 24.0. The van der Waals surface area contributed by atoms with Gasteiger partial charge >= 0.3 is 0 Å². The first-order chi connectivity index (χ1) is 16.3. The second-order valence-corrected chi connectivity index (χ2v) is 8.89. The maximum absolute atomic E-state index is 12.9. The van der Waals surface area contributed by atoms with Gasteiger partial charge in [0.15, 0.2) is 5.13 Å². The van der Waals surface area contributed by atoms with Crippen LogP contribution in [0.25, 0.3) is 10.2 Å². The molecule has 34 heavy (non-hydrogen) atoms. The van der Waals surface area contributed by atoms with Gasteiger partial charge in [-0.25, -0.2) is 4.98 Å². The summed E-state index contributed by atoms with van der Waals surface area (Å²) < 4.78 is 6.26. The van der Waals surface area contributed by atoms with Crippen LogP contribution in [0.15, 0.2) is 36.4 Å². The smallest absolute Gasteiger partial charge is 0.282 e. The van der Waals surface area contributed by atoms with E-state index in [0.717, 1.165) is 39.4 Å². The molecule has 0 aliphatic carbocycles. The van der Waals surface area contributed by atoms with Crippen molar-refractivity contribution in [1.29, 1.82) is 0 Å². The largest absolute Gasteiger partial charge is 0.378 e. The quantitative estimate of drug-likeness (QED) is 0.334. The number of rotatable bonds is 5. The van der Waals surface area contributed by atoms with Crippen molar-refractivity contribution in [3.63, 3.8) is 0 Å². The molecule has 2 aromatic carbocycles. The zero-order valence-electron chi connectivity index (χ0n) is 18.0. The molecule has 12 heteroatoms. The minimum Gasteiger partial charge on any atom is -0.378 e. The van der Waals surface area contributed by atoms with Gasteiger partial charge in [-0.05, 0) is 31.2 Å². The molecule has 0 bridgehead atoms. The number of aromatic nitrogens is 1. The summed E-state index contributed by atoms with van der Waals surface area (Å²) in [7, 11) is 0.